The summed E-state index contributed by atoms with van der Waals surface area (Å²) in [5.41, 5.74) is 2.07. The van der Waals surface area contributed by atoms with Crippen LogP contribution < -0.4 is 0 Å². The molecule has 1 aromatic carbocycles. The molecule has 0 spiro atoms. The molecule has 1 saturated heterocycles. The van der Waals surface area contributed by atoms with Crippen LogP contribution in [0.25, 0.3) is 17.0 Å². The van der Waals surface area contributed by atoms with Crippen LogP contribution in [0.2, 0.25) is 0 Å². The Morgan fingerprint density at radius 1 is 1.27 bits per heavy atom. The molecule has 0 aliphatic carbocycles. The number of nitrogens with zero attached hydrogens (tertiary/aromatic N) is 2. The van der Waals surface area contributed by atoms with E-state index in [2.05, 4.69) is 0 Å². The van der Waals surface area contributed by atoms with E-state index in [0.29, 0.717) is 4.91 Å². The van der Waals surface area contributed by atoms with Gasteiger partial charge in [0.25, 0.3) is 11.1 Å². The fourth-order valence-electron chi connectivity index (χ4n) is 2.67. The van der Waals surface area contributed by atoms with Crippen LogP contribution in [0.5, 0.6) is 0 Å². The van der Waals surface area contributed by atoms with Crippen LogP contribution in [-0.4, -0.2) is 26.7 Å². The molecule has 3 rings (SSSR count). The first-order chi connectivity index (χ1) is 10.5. The Balaban J connectivity index is 2.02. The number of aryl methyl sites for hydroxylation is 1. The Morgan fingerprint density at radius 3 is 2.73 bits per heavy atom. The fourth-order valence-corrected chi connectivity index (χ4v) is 3.59. The average Bonchev–Trinajstić information content (AvgIpc) is 2.97. The van der Waals surface area contributed by atoms with Gasteiger partial charge in [-0.2, -0.15) is 0 Å². The lowest BCUT2D eigenvalue weighted by molar-refractivity contribution is -0.124. The van der Waals surface area contributed by atoms with E-state index in [9.17, 15) is 9.59 Å². The number of benzene rings is 1. The van der Waals surface area contributed by atoms with Crippen molar-refractivity contribution < 1.29 is 9.59 Å². The smallest absolute Gasteiger partial charge is 0.293 e. The van der Waals surface area contributed by atoms with Crippen LogP contribution in [0.1, 0.15) is 25.8 Å². The van der Waals surface area contributed by atoms with Gasteiger partial charge in [-0.15, -0.1) is 0 Å². The maximum atomic E-state index is 12.5. The van der Waals surface area contributed by atoms with E-state index in [4.69, 9.17) is 0 Å². The van der Waals surface area contributed by atoms with Crippen LogP contribution >= 0.6 is 11.8 Å². The number of aromatic nitrogens is 1. The second-order valence-electron chi connectivity index (χ2n) is 5.52. The Morgan fingerprint density at radius 2 is 2.00 bits per heavy atom. The van der Waals surface area contributed by atoms with Crippen molar-refractivity contribution >= 4 is 39.9 Å². The fraction of sp³-hybridized carbons (Fsp3) is 0.294. The monoisotopic (exact) mass is 314 g/mol. The summed E-state index contributed by atoms with van der Waals surface area (Å²) < 4.78 is 2.03. The normalized spacial score (nSPS) is 18.7. The molecule has 4 nitrogen and oxygen atoms in total. The number of rotatable bonds is 3. The lowest BCUT2D eigenvalue weighted by atomic mass is 10.1. The second-order valence-corrected chi connectivity index (χ2v) is 6.51. The van der Waals surface area contributed by atoms with Gasteiger partial charge >= 0.3 is 0 Å². The molecule has 5 heteroatoms. The molecule has 1 aromatic heterocycles. The molecular weight excluding hydrogens is 296 g/mol. The van der Waals surface area contributed by atoms with Gasteiger partial charge in [0.15, 0.2) is 0 Å². The van der Waals surface area contributed by atoms with Crippen molar-refractivity contribution in [3.8, 4) is 0 Å². The summed E-state index contributed by atoms with van der Waals surface area (Å²) in [6.45, 7) is 3.87. The van der Waals surface area contributed by atoms with E-state index in [0.717, 1.165) is 34.6 Å². The van der Waals surface area contributed by atoms with Crippen LogP contribution in [0.15, 0.2) is 35.4 Å². The zero-order valence-corrected chi connectivity index (χ0v) is 13.7. The van der Waals surface area contributed by atoms with Gasteiger partial charge in [0.1, 0.15) is 0 Å². The molecule has 22 heavy (non-hydrogen) atoms. The highest BCUT2D eigenvalue weighted by Crippen LogP contribution is 2.35. The van der Waals surface area contributed by atoms with Gasteiger partial charge in [0.2, 0.25) is 0 Å². The van der Waals surface area contributed by atoms with Crippen LogP contribution in [0, 0.1) is 0 Å². The minimum absolute atomic E-state index is 0.0640. The highest BCUT2D eigenvalue weighted by atomic mass is 32.2. The maximum absolute atomic E-state index is 12.5. The molecule has 0 unspecified atom stereocenters. The maximum Gasteiger partial charge on any atom is 0.293 e. The van der Waals surface area contributed by atoms with E-state index in [1.807, 2.05) is 62.0 Å². The highest BCUT2D eigenvalue weighted by Gasteiger charge is 2.37. The summed E-state index contributed by atoms with van der Waals surface area (Å²) in [4.78, 5) is 26.4. The summed E-state index contributed by atoms with van der Waals surface area (Å²) >= 11 is 1.03. The number of carbonyl (C=O) groups is 2. The lowest BCUT2D eigenvalue weighted by Gasteiger charge is -2.19. The standard InChI is InChI=1S/C17H18N2O2S/c1-4-11(2)19-16(20)15(22-17(19)21)9-12-10-18(3)14-8-6-5-7-13(12)14/h5-11H,4H2,1-3H3/b15-9+/t11-/m0/s1. The first-order valence-electron chi connectivity index (χ1n) is 7.34. The topological polar surface area (TPSA) is 42.3 Å². The molecule has 1 aliphatic rings. The second kappa shape index (κ2) is 5.65. The number of para-hydroxylation sites is 1. The van der Waals surface area contributed by atoms with Gasteiger partial charge < -0.3 is 4.57 Å². The van der Waals surface area contributed by atoms with Crippen LogP contribution in [-0.2, 0) is 11.8 Å². The van der Waals surface area contributed by atoms with Gasteiger partial charge in [0, 0.05) is 35.8 Å². The highest BCUT2D eigenvalue weighted by molar-refractivity contribution is 8.18. The third kappa shape index (κ3) is 2.35. The lowest BCUT2D eigenvalue weighted by Crippen LogP contribution is -2.36. The van der Waals surface area contributed by atoms with Gasteiger partial charge in [-0.1, -0.05) is 25.1 Å². The van der Waals surface area contributed by atoms with Crippen molar-refractivity contribution in [3.63, 3.8) is 0 Å². The van der Waals surface area contributed by atoms with Crippen LogP contribution in [0.3, 0.4) is 0 Å². The minimum atomic E-state index is -0.183. The Bertz CT molecular complexity index is 791. The van der Waals surface area contributed by atoms with E-state index < -0.39 is 0 Å². The minimum Gasteiger partial charge on any atom is -0.350 e. The number of carbonyl (C=O) groups excluding carboxylic acids is 2. The molecule has 0 bridgehead atoms. The number of hydrogen-bond acceptors (Lipinski definition) is 3. The molecule has 0 N–H and O–H groups in total. The van der Waals surface area contributed by atoms with E-state index in [-0.39, 0.29) is 17.2 Å². The summed E-state index contributed by atoms with van der Waals surface area (Å²) in [7, 11) is 1.98. The molecule has 2 heterocycles. The molecule has 2 aromatic rings. The first kappa shape index (κ1) is 14.9. The third-order valence-corrected chi connectivity index (χ3v) is 4.95. The molecule has 0 radical (unpaired) electrons. The van der Waals surface area contributed by atoms with E-state index in [1.165, 1.54) is 4.90 Å². The zero-order chi connectivity index (χ0) is 15.9. The Hall–Kier alpha value is -2.01. The van der Waals surface area contributed by atoms with Crippen molar-refractivity contribution in [2.75, 3.05) is 0 Å². The van der Waals surface area contributed by atoms with Crippen LogP contribution in [0.4, 0.5) is 4.79 Å². The molecule has 0 saturated carbocycles. The molecule has 2 amide bonds. The van der Waals surface area contributed by atoms with Gasteiger partial charge in [-0.25, -0.2) is 0 Å². The molecular formula is C17H18N2O2S. The largest absolute Gasteiger partial charge is 0.350 e. The van der Waals surface area contributed by atoms with Crippen molar-refractivity contribution in [1.29, 1.82) is 0 Å². The SMILES string of the molecule is CC[C@H](C)N1C(=O)S/C(=C/c2cn(C)c3ccccc23)C1=O. The Labute approximate surface area is 133 Å². The quantitative estimate of drug-likeness (QED) is 0.804. The van der Waals surface area contributed by atoms with Crippen molar-refractivity contribution in [2.45, 2.75) is 26.3 Å². The zero-order valence-electron chi connectivity index (χ0n) is 12.9. The van der Waals surface area contributed by atoms with Crippen molar-refractivity contribution in [2.24, 2.45) is 7.05 Å². The van der Waals surface area contributed by atoms with Crippen molar-refractivity contribution in [3.05, 3.63) is 40.9 Å². The summed E-state index contributed by atoms with van der Waals surface area (Å²) in [6.07, 6.45) is 4.58. The third-order valence-electron chi connectivity index (χ3n) is 4.07. The molecule has 1 atom stereocenters. The van der Waals surface area contributed by atoms with Gasteiger partial charge in [0.05, 0.1) is 4.91 Å². The number of imide groups is 1. The predicted octanol–water partition coefficient (Wildman–Crippen LogP) is 4.01. The van der Waals surface area contributed by atoms with E-state index in [1.54, 1.807) is 0 Å². The molecule has 1 aliphatic heterocycles. The average molecular weight is 314 g/mol. The summed E-state index contributed by atoms with van der Waals surface area (Å²) in [6, 6.07) is 7.97. The van der Waals surface area contributed by atoms with Crippen molar-refractivity contribution in [1.82, 2.24) is 9.47 Å². The predicted molar refractivity (Wildman–Crippen MR) is 90.5 cm³/mol. The molecule has 114 valence electrons. The van der Waals surface area contributed by atoms with Gasteiger partial charge in [-0.05, 0) is 37.2 Å². The van der Waals surface area contributed by atoms with E-state index >= 15 is 0 Å². The summed E-state index contributed by atoms with van der Waals surface area (Å²) in [5.74, 6) is -0.183. The number of fused-ring (bicyclic) bond motifs is 1. The molecule has 1 fully saturated rings. The van der Waals surface area contributed by atoms with Gasteiger partial charge in [-0.3, -0.25) is 14.5 Å². The number of thioether (sulfide) groups is 1. The number of hydrogen-bond donors (Lipinski definition) is 0. The first-order valence-corrected chi connectivity index (χ1v) is 8.15. The number of amides is 2. The summed E-state index contributed by atoms with van der Waals surface area (Å²) in [5, 5.41) is 0.908. The Kier molecular flexibility index (Phi) is 3.83.